The number of aliphatic hydroxyl groups is 2. The number of fused-ring (bicyclic) bond motifs is 5. The number of carboxylic acids is 1. The van der Waals surface area contributed by atoms with Gasteiger partial charge in [-0.15, -0.1) is 0 Å². The van der Waals surface area contributed by atoms with E-state index in [1.54, 1.807) is 86.9 Å². The van der Waals surface area contributed by atoms with E-state index < -0.39 is 17.9 Å². The van der Waals surface area contributed by atoms with Crippen LogP contribution in [-0.2, 0) is 64.9 Å². The number of hydrogen-bond acceptors (Lipinski definition) is 22. The van der Waals surface area contributed by atoms with Gasteiger partial charge < -0.3 is 81.6 Å². The van der Waals surface area contributed by atoms with Crippen molar-refractivity contribution < 1.29 is 63.0 Å². The summed E-state index contributed by atoms with van der Waals surface area (Å²) in [5.74, 6) is 6.25. The third-order valence-electron chi connectivity index (χ3n) is 25.2. The Morgan fingerprint density at radius 3 is 0.902 bits per heavy atom. The van der Waals surface area contributed by atoms with Crippen molar-refractivity contribution in [3.8, 4) is 0 Å². The molecule has 10 atom stereocenters. The molecule has 122 heavy (non-hydrogen) atoms. The molecule has 29 heteroatoms. The summed E-state index contributed by atoms with van der Waals surface area (Å²) in [5.41, 5.74) is 16.2. The molecule has 0 bridgehead atoms. The van der Waals surface area contributed by atoms with E-state index in [1.165, 1.54) is 93.6 Å². The van der Waals surface area contributed by atoms with E-state index in [1.807, 2.05) is 38.0 Å². The number of carboxylic acid groups (broad SMARTS) is 1. The molecule has 10 aliphatic rings. The summed E-state index contributed by atoms with van der Waals surface area (Å²) in [6.45, 7) is 26.8. The number of anilines is 5. The molecule has 5 aromatic carbocycles. The lowest BCUT2D eigenvalue weighted by molar-refractivity contribution is 0.0510. The number of carbonyl (C=O) groups is 6. The van der Waals surface area contributed by atoms with Crippen LogP contribution >= 0.6 is 15.9 Å². The second-order valence-electron chi connectivity index (χ2n) is 33.7. The SMILES string of the molecule is C=Cc1cc(N2CC3CC3C2)ccc1Cn1cnc(C(=O)OCC)c1.CCOC(=O)c1cn(Cc2ccc(N3CC4CC4C3)cc2Br)cn1.CCOC(=O)c1cn(Cc2ccc(N3CC4CC4C3)cc2C=O)cn1.CCOC(=O)c1cn(Cc2ccc(N3CC4CC4C3)cc2CO)cn1.O=C(O)c1cn(Cc2ccc(N3CC4CC4C3)cc2CO)cn1. The molecule has 0 amide bonds. The van der Waals surface area contributed by atoms with Crippen molar-refractivity contribution in [2.24, 2.45) is 59.2 Å². The fraction of sp³-hybridized carbons (Fsp3) is 0.430. The summed E-state index contributed by atoms with van der Waals surface area (Å²) < 4.78 is 30.1. The highest BCUT2D eigenvalue weighted by Gasteiger charge is 2.49. The number of ether oxygens (including phenoxy) is 4. The van der Waals surface area contributed by atoms with Crippen molar-refractivity contribution in [1.29, 1.82) is 0 Å². The Morgan fingerprint density at radius 2 is 0.623 bits per heavy atom. The van der Waals surface area contributed by atoms with Gasteiger partial charge in [0.1, 0.15) is 6.29 Å². The summed E-state index contributed by atoms with van der Waals surface area (Å²) in [5, 5.41) is 28.4. The van der Waals surface area contributed by atoms with Gasteiger partial charge in [-0.05, 0) is 224 Å². The van der Waals surface area contributed by atoms with Crippen molar-refractivity contribution in [3.05, 3.63) is 243 Å². The first-order valence-electron chi connectivity index (χ1n) is 42.6. The highest BCUT2D eigenvalue weighted by Crippen LogP contribution is 2.50. The van der Waals surface area contributed by atoms with Gasteiger partial charge in [0.05, 0.1) is 71.3 Å². The molecule has 0 radical (unpaired) electrons. The van der Waals surface area contributed by atoms with Crippen LogP contribution in [0.4, 0.5) is 28.4 Å². The first kappa shape index (κ1) is 83.9. The number of rotatable bonds is 28. The third kappa shape index (κ3) is 20.2. The van der Waals surface area contributed by atoms with Gasteiger partial charge in [-0.3, -0.25) is 4.79 Å². The van der Waals surface area contributed by atoms with Gasteiger partial charge in [0.25, 0.3) is 0 Å². The molecule has 0 spiro atoms. The number of piperidine rings is 5. The van der Waals surface area contributed by atoms with E-state index in [4.69, 9.17) is 24.1 Å². The Bertz CT molecular complexity index is 5290. The average Bonchev–Trinajstić information content (AvgIpc) is 1.64. The van der Waals surface area contributed by atoms with Crippen LogP contribution in [0.1, 0.15) is 167 Å². The van der Waals surface area contributed by atoms with Gasteiger partial charge in [0.2, 0.25) is 0 Å². The molecule has 10 aromatic rings. The van der Waals surface area contributed by atoms with Gasteiger partial charge in [0.15, 0.2) is 28.5 Å². The fourth-order valence-electron chi connectivity index (χ4n) is 17.8. The van der Waals surface area contributed by atoms with Crippen LogP contribution in [0.15, 0.2) is 165 Å². The highest BCUT2D eigenvalue weighted by molar-refractivity contribution is 9.10. The number of imidazole rings is 5. The minimum absolute atomic E-state index is 0.00327. The molecule has 20 rings (SSSR count). The lowest BCUT2D eigenvalue weighted by Crippen LogP contribution is -2.22. The molecule has 638 valence electrons. The van der Waals surface area contributed by atoms with Crippen molar-refractivity contribution in [1.82, 2.24) is 47.8 Å². The maximum absolute atomic E-state index is 11.7. The summed E-state index contributed by atoms with van der Waals surface area (Å²) >= 11 is 3.69. The molecule has 10 heterocycles. The van der Waals surface area contributed by atoms with Crippen molar-refractivity contribution in [2.45, 2.75) is 106 Å². The van der Waals surface area contributed by atoms with Crippen LogP contribution in [0.5, 0.6) is 0 Å². The molecule has 5 aromatic heterocycles. The zero-order valence-corrected chi connectivity index (χ0v) is 71.1. The van der Waals surface area contributed by atoms with Crippen LogP contribution in [0, 0.1) is 59.2 Å². The second-order valence-corrected chi connectivity index (χ2v) is 34.6. The monoisotopic (exact) mass is 1720 g/mol. The minimum atomic E-state index is -1.03. The molecule has 5 saturated carbocycles. The molecule has 5 aliphatic carbocycles. The van der Waals surface area contributed by atoms with Gasteiger partial charge in [0, 0.05) is 168 Å². The molecule has 3 N–H and O–H groups in total. The normalized spacial score (nSPS) is 21.5. The number of carbonyl (C=O) groups excluding carboxylic acids is 5. The zero-order chi connectivity index (χ0) is 84.8. The number of aromatic nitrogens is 10. The lowest BCUT2D eigenvalue weighted by atomic mass is 10.1. The van der Waals surface area contributed by atoms with Crippen LogP contribution in [-0.4, -0.2) is 191 Å². The van der Waals surface area contributed by atoms with Gasteiger partial charge in [-0.1, -0.05) is 58.9 Å². The first-order chi connectivity index (χ1) is 59.3. The Labute approximate surface area is 717 Å². The van der Waals surface area contributed by atoms with E-state index in [-0.39, 0.29) is 36.5 Å². The summed E-state index contributed by atoms with van der Waals surface area (Å²) in [7, 11) is 0. The van der Waals surface area contributed by atoms with E-state index in [9.17, 15) is 39.0 Å². The predicted octanol–water partition coefficient (Wildman–Crippen LogP) is 12.5. The molecule has 10 unspecified atom stereocenters. The first-order valence-corrected chi connectivity index (χ1v) is 43.4. The molecule has 5 aliphatic heterocycles. The van der Waals surface area contributed by atoms with Crippen LogP contribution in [0.25, 0.3) is 6.08 Å². The molecular weight excluding hydrogens is 1620 g/mol. The number of aromatic carboxylic acids is 1. The number of aliphatic hydroxyl groups excluding tert-OH is 2. The predicted molar refractivity (Wildman–Crippen MR) is 464 cm³/mol. The Hall–Kier alpha value is -11.7. The number of benzene rings is 5. The van der Waals surface area contributed by atoms with Crippen LogP contribution < -0.4 is 24.5 Å². The number of esters is 4. The fourth-order valence-corrected chi connectivity index (χ4v) is 18.3. The number of aldehydes is 1. The van der Waals surface area contributed by atoms with Gasteiger partial charge in [-0.25, -0.2) is 48.9 Å². The van der Waals surface area contributed by atoms with E-state index in [2.05, 4.69) is 145 Å². The smallest absolute Gasteiger partial charge is 0.358 e. The second kappa shape index (κ2) is 37.3. The average molecular weight is 1720 g/mol. The molecule has 28 nitrogen and oxygen atoms in total. The topological polar surface area (TPSA) is 305 Å². The molecular formula is C93H106BrN15O13. The van der Waals surface area contributed by atoms with E-state index in [0.29, 0.717) is 81.8 Å². The molecule has 10 fully saturated rings. The van der Waals surface area contributed by atoms with Crippen LogP contribution in [0.3, 0.4) is 0 Å². The highest BCUT2D eigenvalue weighted by atomic mass is 79.9. The van der Waals surface area contributed by atoms with Crippen molar-refractivity contribution in [3.63, 3.8) is 0 Å². The van der Waals surface area contributed by atoms with E-state index >= 15 is 0 Å². The Kier molecular flexibility index (Phi) is 25.7. The number of halogens is 1. The lowest BCUT2D eigenvalue weighted by Gasteiger charge is -2.22. The van der Waals surface area contributed by atoms with Gasteiger partial charge >= 0.3 is 29.8 Å². The maximum Gasteiger partial charge on any atom is 0.358 e. The minimum Gasteiger partial charge on any atom is -0.476 e. The quantitative estimate of drug-likeness (QED) is 0.0233. The number of hydrogen-bond donors (Lipinski definition) is 3. The molecule has 5 saturated heterocycles. The summed E-state index contributed by atoms with van der Waals surface area (Å²) in [6.07, 6.45) is 26.1. The van der Waals surface area contributed by atoms with Crippen LogP contribution in [0.2, 0.25) is 0 Å². The third-order valence-corrected chi connectivity index (χ3v) is 25.9. The summed E-state index contributed by atoms with van der Waals surface area (Å²) in [6, 6.07) is 31.6. The zero-order valence-electron chi connectivity index (χ0n) is 69.5. The largest absolute Gasteiger partial charge is 0.476 e. The Morgan fingerprint density at radius 1 is 0.369 bits per heavy atom. The van der Waals surface area contributed by atoms with Crippen molar-refractivity contribution in [2.75, 3.05) is 116 Å². The van der Waals surface area contributed by atoms with Gasteiger partial charge in [-0.2, -0.15) is 0 Å². The number of nitrogens with zero attached hydrogens (tertiary/aromatic N) is 15. The Balaban J connectivity index is 0.000000113. The van der Waals surface area contributed by atoms with E-state index in [0.717, 1.165) is 159 Å². The maximum atomic E-state index is 11.7. The summed E-state index contributed by atoms with van der Waals surface area (Å²) in [4.78, 5) is 102. The van der Waals surface area contributed by atoms with Crippen molar-refractivity contribution >= 4 is 86.6 Å². The standard InChI is InChI=1S/C20H23N3O2.C19H23N3O3.C19H21N3O3.C18H20BrN3O2.C17H19N3O3/c1-3-14-8-18(23-10-16-7-17(16)11-23)6-5-15(14)9-22-12-19(21-13-22)20(24)25-4-2;2*1-2-25-19(24)18-10-21(12-20-18)7-13-3-4-17(6-16(13)11-23)22-8-14-5-15(14)9-22;1-2-24-18(23)17-10-21(11-20-17)7-12-3-4-15(6-16(12)19)22-8-13-5-14(13)9-22;21-9-14-4-15(20-6-12-3-13(12)7-20)2-1-11(14)5-19-8-16(17(22)23)18-10-19/h3,5-6,8,12-13,16-17H,1,4,7,9-11H2,2H3;3-4,6,10,12,14-15,23H,2,5,7-9,11H2,1H3;3-4,6,10-12,14-15H,2,5,7-9H2,1H3;3-4,6,10-11,13-14H,2,5,7-9H2,1H3;1-2,4,8,10,12-13,21H,3,5-7,9H2,(H,22,23).